The molecule has 1 atom stereocenters. The van der Waals surface area contributed by atoms with Crippen molar-refractivity contribution in [2.75, 3.05) is 24.5 Å². The van der Waals surface area contributed by atoms with E-state index in [0.29, 0.717) is 19.6 Å². The Morgan fingerprint density at radius 3 is 2.35 bits per heavy atom. The van der Waals surface area contributed by atoms with Crippen LogP contribution in [0, 0.1) is 10.1 Å². The maximum absolute atomic E-state index is 12.2. The molecule has 0 aliphatic carbocycles. The van der Waals surface area contributed by atoms with E-state index in [4.69, 9.17) is 4.74 Å². The highest BCUT2D eigenvalue weighted by Gasteiger charge is 2.30. The number of carbonyl (C=O) groups is 1. The van der Waals surface area contributed by atoms with Crippen molar-refractivity contribution in [3.63, 3.8) is 0 Å². The minimum Gasteiger partial charge on any atom is -0.444 e. The molecule has 1 heterocycles. The van der Waals surface area contributed by atoms with Crippen LogP contribution in [-0.4, -0.2) is 47.2 Å². The van der Waals surface area contributed by atoms with Gasteiger partial charge in [-0.25, -0.2) is 4.79 Å². The predicted octanol–water partition coefficient (Wildman–Crippen LogP) is 3.04. The summed E-state index contributed by atoms with van der Waals surface area (Å²) in [6.07, 6.45) is -0.298. The Kier molecular flexibility index (Phi) is 4.77. The predicted molar refractivity (Wildman–Crippen MR) is 87.7 cm³/mol. The number of non-ortho nitro benzene ring substituents is 1. The summed E-state index contributed by atoms with van der Waals surface area (Å²) >= 11 is 0. The zero-order chi connectivity index (χ0) is 17.2. The molecule has 1 fully saturated rings. The summed E-state index contributed by atoms with van der Waals surface area (Å²) in [5.41, 5.74) is 0.493. The summed E-state index contributed by atoms with van der Waals surface area (Å²) in [6.45, 7) is 9.42. The monoisotopic (exact) mass is 321 g/mol. The molecule has 0 N–H and O–H groups in total. The lowest BCUT2D eigenvalue weighted by atomic mass is 10.1. The van der Waals surface area contributed by atoms with Crippen LogP contribution in [0.25, 0.3) is 0 Å². The van der Waals surface area contributed by atoms with Crippen LogP contribution < -0.4 is 4.90 Å². The molecule has 0 spiro atoms. The van der Waals surface area contributed by atoms with E-state index < -0.39 is 10.5 Å². The van der Waals surface area contributed by atoms with Crippen LogP contribution in [0.5, 0.6) is 0 Å². The third kappa shape index (κ3) is 4.34. The smallest absolute Gasteiger partial charge is 0.410 e. The molecule has 0 aromatic heterocycles. The molecular weight excluding hydrogens is 298 g/mol. The Hall–Kier alpha value is -2.31. The number of hydrogen-bond acceptors (Lipinski definition) is 5. The quantitative estimate of drug-likeness (QED) is 0.618. The fourth-order valence-corrected chi connectivity index (χ4v) is 2.57. The molecule has 1 aromatic carbocycles. The van der Waals surface area contributed by atoms with E-state index >= 15 is 0 Å². The SMILES string of the molecule is C[C@@H]1CN(c2ccc([N+](=O)[O-])cc2)CCN1C(=O)OC(C)(C)C. The minimum atomic E-state index is -0.508. The number of rotatable bonds is 2. The van der Waals surface area contributed by atoms with Gasteiger partial charge >= 0.3 is 6.09 Å². The molecule has 1 saturated heterocycles. The number of ether oxygens (including phenoxy) is 1. The Morgan fingerprint density at radius 1 is 1.26 bits per heavy atom. The van der Waals surface area contributed by atoms with Gasteiger partial charge in [0.05, 0.1) is 4.92 Å². The van der Waals surface area contributed by atoms with Gasteiger partial charge in [-0.3, -0.25) is 10.1 Å². The highest BCUT2D eigenvalue weighted by atomic mass is 16.6. The fourth-order valence-electron chi connectivity index (χ4n) is 2.57. The van der Waals surface area contributed by atoms with E-state index in [-0.39, 0.29) is 17.8 Å². The third-order valence-corrected chi connectivity index (χ3v) is 3.68. The second kappa shape index (κ2) is 6.44. The van der Waals surface area contributed by atoms with Gasteiger partial charge in [0.1, 0.15) is 5.60 Å². The Balaban J connectivity index is 2.00. The number of anilines is 1. The van der Waals surface area contributed by atoms with Gasteiger partial charge < -0.3 is 14.5 Å². The summed E-state index contributed by atoms with van der Waals surface area (Å²) in [4.78, 5) is 26.3. The first-order valence-electron chi connectivity index (χ1n) is 7.66. The molecule has 1 aromatic rings. The first kappa shape index (κ1) is 17.1. The van der Waals surface area contributed by atoms with E-state index in [1.54, 1.807) is 17.0 Å². The molecule has 126 valence electrons. The highest BCUT2D eigenvalue weighted by molar-refractivity contribution is 5.69. The fraction of sp³-hybridized carbons (Fsp3) is 0.562. The molecular formula is C16H23N3O4. The lowest BCUT2D eigenvalue weighted by Gasteiger charge is -2.41. The number of nitro benzene ring substituents is 1. The molecule has 0 radical (unpaired) electrons. The molecule has 1 amide bonds. The van der Waals surface area contributed by atoms with Gasteiger partial charge in [-0.15, -0.1) is 0 Å². The van der Waals surface area contributed by atoms with Crippen molar-refractivity contribution < 1.29 is 14.5 Å². The summed E-state index contributed by atoms with van der Waals surface area (Å²) in [5, 5.41) is 10.7. The van der Waals surface area contributed by atoms with E-state index in [1.807, 2.05) is 27.7 Å². The van der Waals surface area contributed by atoms with Crippen LogP contribution in [0.2, 0.25) is 0 Å². The number of benzene rings is 1. The summed E-state index contributed by atoms with van der Waals surface area (Å²) in [7, 11) is 0. The van der Waals surface area contributed by atoms with Crippen molar-refractivity contribution >= 4 is 17.5 Å². The lowest BCUT2D eigenvalue weighted by Crippen LogP contribution is -2.55. The number of nitro groups is 1. The highest BCUT2D eigenvalue weighted by Crippen LogP contribution is 2.23. The van der Waals surface area contributed by atoms with Crippen molar-refractivity contribution in [1.82, 2.24) is 4.90 Å². The van der Waals surface area contributed by atoms with E-state index in [9.17, 15) is 14.9 Å². The summed E-state index contributed by atoms with van der Waals surface area (Å²) in [6, 6.07) is 6.50. The summed E-state index contributed by atoms with van der Waals surface area (Å²) in [5.74, 6) is 0. The number of nitrogens with zero attached hydrogens (tertiary/aromatic N) is 3. The molecule has 23 heavy (non-hydrogen) atoms. The van der Waals surface area contributed by atoms with E-state index in [2.05, 4.69) is 4.90 Å². The van der Waals surface area contributed by atoms with E-state index in [1.165, 1.54) is 12.1 Å². The number of amides is 1. The average Bonchev–Trinajstić information content (AvgIpc) is 2.45. The second-order valence-electron chi connectivity index (χ2n) is 6.74. The van der Waals surface area contributed by atoms with Crippen LogP contribution in [0.4, 0.5) is 16.2 Å². The zero-order valence-electron chi connectivity index (χ0n) is 14.0. The normalized spacial score (nSPS) is 18.7. The van der Waals surface area contributed by atoms with Gasteiger partial charge in [-0.05, 0) is 39.8 Å². The maximum Gasteiger partial charge on any atom is 0.410 e. The Bertz CT molecular complexity index is 580. The second-order valence-corrected chi connectivity index (χ2v) is 6.74. The van der Waals surface area contributed by atoms with Crippen LogP contribution in [-0.2, 0) is 4.74 Å². The van der Waals surface area contributed by atoms with Crippen molar-refractivity contribution in [1.29, 1.82) is 0 Å². The van der Waals surface area contributed by atoms with Crippen LogP contribution in [0.1, 0.15) is 27.7 Å². The van der Waals surface area contributed by atoms with Gasteiger partial charge in [0, 0.05) is 43.5 Å². The summed E-state index contributed by atoms with van der Waals surface area (Å²) < 4.78 is 5.42. The number of piperazine rings is 1. The molecule has 2 rings (SSSR count). The van der Waals surface area contributed by atoms with Crippen LogP contribution in [0.3, 0.4) is 0 Å². The van der Waals surface area contributed by atoms with Gasteiger partial charge in [-0.1, -0.05) is 0 Å². The van der Waals surface area contributed by atoms with Crippen molar-refractivity contribution in [3.8, 4) is 0 Å². The van der Waals surface area contributed by atoms with Gasteiger partial charge in [0.15, 0.2) is 0 Å². The first-order chi connectivity index (χ1) is 10.7. The van der Waals surface area contributed by atoms with Crippen molar-refractivity contribution in [2.24, 2.45) is 0 Å². The largest absolute Gasteiger partial charge is 0.444 e. The Labute approximate surface area is 136 Å². The van der Waals surface area contributed by atoms with Gasteiger partial charge in [0.2, 0.25) is 0 Å². The Morgan fingerprint density at radius 2 is 1.87 bits per heavy atom. The number of carbonyl (C=O) groups excluding carboxylic acids is 1. The molecule has 0 bridgehead atoms. The van der Waals surface area contributed by atoms with Gasteiger partial charge in [0.25, 0.3) is 5.69 Å². The molecule has 0 saturated carbocycles. The third-order valence-electron chi connectivity index (χ3n) is 3.68. The van der Waals surface area contributed by atoms with Crippen LogP contribution in [0.15, 0.2) is 24.3 Å². The van der Waals surface area contributed by atoms with Crippen molar-refractivity contribution in [2.45, 2.75) is 39.3 Å². The standard InChI is InChI=1S/C16H23N3O4/c1-12-11-17(13-5-7-14(8-6-13)19(21)22)9-10-18(12)15(20)23-16(2,3)4/h5-8,12H,9-11H2,1-4H3/t12-/m1/s1. The minimum absolute atomic E-state index is 0.00814. The number of hydrogen-bond donors (Lipinski definition) is 0. The maximum atomic E-state index is 12.2. The topological polar surface area (TPSA) is 75.9 Å². The zero-order valence-corrected chi connectivity index (χ0v) is 14.0. The molecule has 7 heteroatoms. The molecule has 7 nitrogen and oxygen atoms in total. The van der Waals surface area contributed by atoms with Crippen LogP contribution >= 0.6 is 0 Å². The van der Waals surface area contributed by atoms with Crippen molar-refractivity contribution in [3.05, 3.63) is 34.4 Å². The molecule has 1 aliphatic heterocycles. The molecule has 0 unspecified atom stereocenters. The lowest BCUT2D eigenvalue weighted by molar-refractivity contribution is -0.384. The average molecular weight is 321 g/mol. The molecule has 1 aliphatic rings. The van der Waals surface area contributed by atoms with E-state index in [0.717, 1.165) is 5.69 Å². The first-order valence-corrected chi connectivity index (χ1v) is 7.66. The van der Waals surface area contributed by atoms with Gasteiger partial charge in [-0.2, -0.15) is 0 Å².